The zero-order chi connectivity index (χ0) is 11.5. The Morgan fingerprint density at radius 1 is 1.33 bits per heavy atom. The number of nitroso groups, excluding NO2 is 1. The summed E-state index contributed by atoms with van der Waals surface area (Å²) in [5, 5.41) is 2.67. The summed E-state index contributed by atoms with van der Waals surface area (Å²) in [6.07, 6.45) is 0. The monoisotopic (exact) mass is 205 g/mol. The predicted molar refractivity (Wildman–Crippen MR) is 57.1 cm³/mol. The molecule has 0 aliphatic carbocycles. The molecular formula is C10H13N4O. The zero-order valence-electron chi connectivity index (χ0n) is 9.01. The Morgan fingerprint density at radius 3 is 2.53 bits per heavy atom. The molecule has 0 unspecified atom stereocenters. The van der Waals surface area contributed by atoms with Crippen LogP contribution in [0, 0.1) is 4.91 Å². The van der Waals surface area contributed by atoms with E-state index in [2.05, 4.69) is 10.6 Å². The predicted octanol–water partition coefficient (Wildman–Crippen LogP) is 3.07. The first kappa shape index (κ1) is 11.3. The summed E-state index contributed by atoms with van der Waals surface area (Å²) in [6.45, 7) is 5.46. The third-order valence-electron chi connectivity index (χ3n) is 1.83. The molecule has 0 saturated carbocycles. The van der Waals surface area contributed by atoms with Gasteiger partial charge in [0, 0.05) is 42.6 Å². The fraction of sp³-hybridized carbons (Fsp3) is 0.400. The lowest BCUT2D eigenvalue weighted by Crippen LogP contribution is -2.26. The summed E-state index contributed by atoms with van der Waals surface area (Å²) in [5.41, 5.74) is 12.2. The molecule has 1 aromatic rings. The minimum atomic E-state index is -0.505. The lowest BCUT2D eigenvalue weighted by atomic mass is 10.1. The van der Waals surface area contributed by atoms with Gasteiger partial charge in [-0.2, -0.15) is 0 Å². The SMILES string of the molecule is CC(C)(C)[N+](=O)c1cccc([N]N=[N-])c1. The molecule has 0 bridgehead atoms. The Balaban J connectivity index is 3.00. The summed E-state index contributed by atoms with van der Waals surface area (Å²) < 4.78 is 0.892. The van der Waals surface area contributed by atoms with E-state index in [-0.39, 0.29) is 0 Å². The van der Waals surface area contributed by atoms with Crippen LogP contribution in [0.25, 0.3) is 5.53 Å². The average molecular weight is 205 g/mol. The molecule has 79 valence electrons. The van der Waals surface area contributed by atoms with E-state index in [4.69, 9.17) is 5.53 Å². The third kappa shape index (κ3) is 2.83. The highest BCUT2D eigenvalue weighted by molar-refractivity contribution is 5.45. The van der Waals surface area contributed by atoms with E-state index in [1.807, 2.05) is 20.8 Å². The van der Waals surface area contributed by atoms with Crippen LogP contribution in [0.5, 0.6) is 0 Å². The van der Waals surface area contributed by atoms with E-state index in [0.29, 0.717) is 11.4 Å². The van der Waals surface area contributed by atoms with E-state index >= 15 is 0 Å². The Morgan fingerprint density at radius 2 is 2.00 bits per heavy atom. The smallest absolute Gasteiger partial charge is 0.256 e. The van der Waals surface area contributed by atoms with Crippen LogP contribution in [0.15, 0.2) is 29.5 Å². The van der Waals surface area contributed by atoms with E-state index in [9.17, 15) is 4.91 Å². The van der Waals surface area contributed by atoms with Crippen molar-refractivity contribution < 1.29 is 4.76 Å². The van der Waals surface area contributed by atoms with Gasteiger partial charge in [0.05, 0.1) is 0 Å². The van der Waals surface area contributed by atoms with Gasteiger partial charge in [0.2, 0.25) is 5.54 Å². The first-order chi connectivity index (χ1) is 6.95. The van der Waals surface area contributed by atoms with Gasteiger partial charge in [0.15, 0.2) is 0 Å². The van der Waals surface area contributed by atoms with Crippen LogP contribution in [0.4, 0.5) is 11.4 Å². The van der Waals surface area contributed by atoms with Crippen LogP contribution < -0.4 is 5.43 Å². The molecular weight excluding hydrogens is 192 g/mol. The topological polar surface area (TPSA) is 68.8 Å². The molecule has 0 aromatic heterocycles. The highest BCUT2D eigenvalue weighted by Gasteiger charge is 2.30. The molecule has 1 radical (unpaired) electrons. The summed E-state index contributed by atoms with van der Waals surface area (Å²) in [4.78, 5) is 11.8. The van der Waals surface area contributed by atoms with Crippen LogP contribution in [-0.4, -0.2) is 10.3 Å². The molecule has 0 aliphatic rings. The fourth-order valence-corrected chi connectivity index (χ4v) is 1.12. The summed E-state index contributed by atoms with van der Waals surface area (Å²) in [7, 11) is 0. The van der Waals surface area contributed by atoms with Gasteiger partial charge in [-0.15, -0.1) is 0 Å². The Bertz CT molecular complexity index is 381. The van der Waals surface area contributed by atoms with Gasteiger partial charge < -0.3 is 11.0 Å². The van der Waals surface area contributed by atoms with Gasteiger partial charge in [0.1, 0.15) is 0 Å². The highest BCUT2D eigenvalue weighted by atomic mass is 16.3. The molecule has 0 spiro atoms. The molecule has 1 rings (SSSR count). The van der Waals surface area contributed by atoms with Gasteiger partial charge in [-0.25, -0.2) is 0 Å². The summed E-state index contributed by atoms with van der Waals surface area (Å²) in [6, 6.07) is 6.60. The van der Waals surface area contributed by atoms with Crippen molar-refractivity contribution in [3.05, 3.63) is 34.7 Å². The number of rotatable bonds is 3. The van der Waals surface area contributed by atoms with Gasteiger partial charge >= 0.3 is 0 Å². The van der Waals surface area contributed by atoms with Crippen molar-refractivity contribution >= 4 is 11.4 Å². The van der Waals surface area contributed by atoms with Crippen molar-refractivity contribution in [1.82, 2.24) is 5.43 Å². The minimum absolute atomic E-state index is 0.445. The van der Waals surface area contributed by atoms with Crippen LogP contribution in [0.1, 0.15) is 20.8 Å². The lowest BCUT2D eigenvalue weighted by Gasteiger charge is -2.09. The number of hydrogen-bond acceptors (Lipinski definition) is 2. The average Bonchev–Trinajstić information content (AvgIpc) is 2.16. The second-order valence-electron chi connectivity index (χ2n) is 4.17. The largest absolute Gasteiger partial charge is 0.362 e. The minimum Gasteiger partial charge on any atom is -0.362 e. The maximum atomic E-state index is 11.8. The van der Waals surface area contributed by atoms with Crippen LogP contribution >= 0.6 is 0 Å². The molecule has 0 fully saturated rings. The fourth-order valence-electron chi connectivity index (χ4n) is 1.12. The molecule has 0 aliphatic heterocycles. The lowest BCUT2D eigenvalue weighted by molar-refractivity contribution is -0.540. The van der Waals surface area contributed by atoms with Crippen molar-refractivity contribution in [3.63, 3.8) is 0 Å². The zero-order valence-corrected chi connectivity index (χ0v) is 9.01. The molecule has 5 heteroatoms. The van der Waals surface area contributed by atoms with Gasteiger partial charge in [-0.05, 0) is 5.69 Å². The Kier molecular flexibility index (Phi) is 3.14. The summed E-state index contributed by atoms with van der Waals surface area (Å²) >= 11 is 0. The van der Waals surface area contributed by atoms with Crippen molar-refractivity contribution in [2.75, 3.05) is 0 Å². The molecule has 0 N–H and O–H groups in total. The number of hydrogen-bond donors (Lipinski definition) is 0. The maximum Gasteiger partial charge on any atom is 0.256 e. The quantitative estimate of drug-likeness (QED) is 0.424. The maximum absolute atomic E-state index is 11.8. The first-order valence-electron chi connectivity index (χ1n) is 4.57. The van der Waals surface area contributed by atoms with Crippen molar-refractivity contribution in [2.45, 2.75) is 26.3 Å². The molecule has 0 saturated heterocycles. The molecule has 1 aromatic carbocycles. The van der Waals surface area contributed by atoms with Crippen LogP contribution in [0.2, 0.25) is 0 Å². The Labute approximate surface area is 88.6 Å². The van der Waals surface area contributed by atoms with Gasteiger partial charge in [0.25, 0.3) is 5.69 Å². The summed E-state index contributed by atoms with van der Waals surface area (Å²) in [5.74, 6) is 0. The normalized spacial score (nSPS) is 10.9. The van der Waals surface area contributed by atoms with Crippen LogP contribution in [-0.2, 0) is 0 Å². The van der Waals surface area contributed by atoms with Crippen LogP contribution in [0.3, 0.4) is 0 Å². The van der Waals surface area contributed by atoms with E-state index in [0.717, 1.165) is 4.76 Å². The van der Waals surface area contributed by atoms with Crippen molar-refractivity contribution in [1.29, 1.82) is 0 Å². The first-order valence-corrected chi connectivity index (χ1v) is 4.57. The van der Waals surface area contributed by atoms with E-state index in [1.54, 1.807) is 24.3 Å². The van der Waals surface area contributed by atoms with E-state index in [1.165, 1.54) is 0 Å². The molecule has 0 amide bonds. The third-order valence-corrected chi connectivity index (χ3v) is 1.83. The number of nitrogens with zero attached hydrogens (tertiary/aromatic N) is 4. The van der Waals surface area contributed by atoms with E-state index < -0.39 is 5.54 Å². The second kappa shape index (κ2) is 4.16. The Hall–Kier alpha value is -1.78. The van der Waals surface area contributed by atoms with Crippen molar-refractivity contribution in [3.8, 4) is 0 Å². The molecule has 15 heavy (non-hydrogen) atoms. The highest BCUT2D eigenvalue weighted by Crippen LogP contribution is 2.23. The molecule has 5 nitrogen and oxygen atoms in total. The molecule has 0 heterocycles. The van der Waals surface area contributed by atoms with Gasteiger partial charge in [-0.3, -0.25) is 5.22 Å². The molecule has 0 atom stereocenters. The van der Waals surface area contributed by atoms with Gasteiger partial charge in [-0.1, -0.05) is 12.1 Å². The van der Waals surface area contributed by atoms with Crippen molar-refractivity contribution in [2.24, 2.45) is 5.22 Å². The number of benzene rings is 1. The standard InChI is InChI=1S/C10H13N4O/c1-10(2,3)14(15)9-6-4-5-8(7-9)12-13-11/h4-7H,1-3H3. The second-order valence-corrected chi connectivity index (χ2v) is 4.17.